The summed E-state index contributed by atoms with van der Waals surface area (Å²) in [6.45, 7) is -0.347. The third-order valence-electron chi connectivity index (χ3n) is 4.00. The first kappa shape index (κ1) is 22.9. The zero-order valence-corrected chi connectivity index (χ0v) is 15.4. The molecule has 1 fully saturated rings. The van der Waals surface area contributed by atoms with E-state index in [1.54, 1.807) is 24.3 Å². The predicted molar refractivity (Wildman–Crippen MR) is 90.6 cm³/mol. The number of urea groups is 1. The van der Waals surface area contributed by atoms with E-state index in [1.165, 1.54) is 0 Å². The number of hydrogen-bond donors (Lipinski definition) is 2. The highest BCUT2D eigenvalue weighted by Crippen LogP contribution is 2.36. The summed E-state index contributed by atoms with van der Waals surface area (Å²) < 4.78 is 78.5. The van der Waals surface area contributed by atoms with Crippen LogP contribution in [0, 0.1) is 0 Å². The van der Waals surface area contributed by atoms with Crippen LogP contribution in [0.3, 0.4) is 0 Å². The molecular weight excluding hydrogens is 432 g/mol. The number of nitrogens with zero attached hydrogens (tertiary/aromatic N) is 1. The molecule has 1 aromatic carbocycles. The molecule has 13 heteroatoms. The van der Waals surface area contributed by atoms with Crippen molar-refractivity contribution >= 4 is 29.4 Å². The van der Waals surface area contributed by atoms with Crippen molar-refractivity contribution in [1.82, 2.24) is 10.2 Å². The Balaban J connectivity index is 1.82. The van der Waals surface area contributed by atoms with Gasteiger partial charge in [-0.3, -0.25) is 0 Å². The lowest BCUT2D eigenvalue weighted by Gasteiger charge is -2.33. The molecule has 0 spiro atoms. The van der Waals surface area contributed by atoms with Gasteiger partial charge in [0.2, 0.25) is 0 Å². The van der Waals surface area contributed by atoms with Crippen molar-refractivity contribution in [2.24, 2.45) is 0 Å². The third kappa shape index (κ3) is 6.87. The second kappa shape index (κ2) is 8.97. The number of piperidine rings is 1. The van der Waals surface area contributed by atoms with Gasteiger partial charge >= 0.3 is 24.5 Å². The minimum absolute atomic E-state index is 0.131. The number of rotatable bonds is 3. The monoisotopic (exact) mass is 447 g/mol. The minimum atomic E-state index is -5.77. The molecule has 1 saturated heterocycles. The second-order valence-electron chi connectivity index (χ2n) is 6.21. The molecule has 6 nitrogen and oxygen atoms in total. The number of alkyl halides is 6. The van der Waals surface area contributed by atoms with Crippen LogP contribution in [0.15, 0.2) is 24.3 Å². The largest absolute Gasteiger partial charge is 0.434 e. The Labute approximate surface area is 166 Å². The summed E-state index contributed by atoms with van der Waals surface area (Å²) in [7, 11) is 0. The SMILES string of the molecule is O=C(Nc1ccc(Cl)cc1)NC1CCN(C(=O)OC(C(F)(F)F)C(F)(F)F)CC1. The summed E-state index contributed by atoms with van der Waals surface area (Å²) in [6.07, 6.45) is -17.2. The summed E-state index contributed by atoms with van der Waals surface area (Å²) in [4.78, 5) is 24.4. The van der Waals surface area contributed by atoms with Gasteiger partial charge in [-0.1, -0.05) is 11.6 Å². The molecule has 0 aliphatic carbocycles. The maximum absolute atomic E-state index is 12.5. The Morgan fingerprint density at radius 2 is 1.55 bits per heavy atom. The standard InChI is InChI=1S/C16H16ClF6N3O3/c17-9-1-3-10(4-2-9)24-13(27)25-11-5-7-26(8-6-11)14(28)29-12(15(18,19)20)16(21,22)23/h1-4,11-12H,5-8H2,(H2,24,25,27). The second-order valence-corrected chi connectivity index (χ2v) is 6.65. The fourth-order valence-electron chi connectivity index (χ4n) is 2.59. The van der Waals surface area contributed by atoms with Crippen molar-refractivity contribution in [2.45, 2.75) is 37.3 Å². The van der Waals surface area contributed by atoms with E-state index >= 15 is 0 Å². The summed E-state index contributed by atoms with van der Waals surface area (Å²) in [5, 5.41) is 5.63. The summed E-state index contributed by atoms with van der Waals surface area (Å²) >= 11 is 5.73. The van der Waals surface area contributed by atoms with E-state index in [0.29, 0.717) is 10.7 Å². The first-order valence-electron chi connectivity index (χ1n) is 8.28. The maximum Gasteiger partial charge on any atom is 0.434 e. The molecule has 29 heavy (non-hydrogen) atoms. The van der Waals surface area contributed by atoms with Crippen molar-refractivity contribution in [3.8, 4) is 0 Å². The average molecular weight is 448 g/mol. The highest BCUT2D eigenvalue weighted by molar-refractivity contribution is 6.30. The Hall–Kier alpha value is -2.37. The summed E-state index contributed by atoms with van der Waals surface area (Å²) in [6, 6.07) is 5.29. The number of likely N-dealkylation sites (tertiary alicyclic amines) is 1. The van der Waals surface area contributed by atoms with Crippen LogP contribution < -0.4 is 10.6 Å². The van der Waals surface area contributed by atoms with E-state index < -0.39 is 36.6 Å². The van der Waals surface area contributed by atoms with Crippen LogP contribution in [-0.2, 0) is 4.74 Å². The van der Waals surface area contributed by atoms with Crippen LogP contribution in [0.25, 0.3) is 0 Å². The van der Waals surface area contributed by atoms with Gasteiger partial charge in [-0.25, -0.2) is 9.59 Å². The lowest BCUT2D eigenvalue weighted by Crippen LogP contribution is -2.51. The first-order valence-corrected chi connectivity index (χ1v) is 8.66. The van der Waals surface area contributed by atoms with Crippen molar-refractivity contribution in [1.29, 1.82) is 0 Å². The molecular formula is C16H16ClF6N3O3. The third-order valence-corrected chi connectivity index (χ3v) is 4.26. The van der Waals surface area contributed by atoms with E-state index in [0.717, 1.165) is 4.90 Å². The topological polar surface area (TPSA) is 70.7 Å². The van der Waals surface area contributed by atoms with Gasteiger partial charge < -0.3 is 20.3 Å². The molecule has 1 aliphatic heterocycles. The number of amides is 3. The normalized spacial score (nSPS) is 15.9. The minimum Gasteiger partial charge on any atom is -0.426 e. The molecule has 2 rings (SSSR count). The molecule has 1 aliphatic rings. The molecule has 0 saturated carbocycles. The van der Waals surface area contributed by atoms with Gasteiger partial charge in [0.05, 0.1) is 0 Å². The molecule has 2 N–H and O–H groups in total. The number of carbonyl (C=O) groups excluding carboxylic acids is 2. The highest BCUT2D eigenvalue weighted by atomic mass is 35.5. The van der Waals surface area contributed by atoms with Gasteiger partial charge in [-0.15, -0.1) is 0 Å². The van der Waals surface area contributed by atoms with E-state index in [-0.39, 0.29) is 25.9 Å². The molecule has 0 atom stereocenters. The Morgan fingerprint density at radius 3 is 2.03 bits per heavy atom. The molecule has 162 valence electrons. The van der Waals surface area contributed by atoms with Crippen molar-refractivity contribution < 1.29 is 40.7 Å². The fourth-order valence-corrected chi connectivity index (χ4v) is 2.71. The van der Waals surface area contributed by atoms with Crippen LogP contribution in [0.1, 0.15) is 12.8 Å². The summed E-state index contributed by atoms with van der Waals surface area (Å²) in [5.41, 5.74) is 0.471. The lowest BCUT2D eigenvalue weighted by atomic mass is 10.1. The fraction of sp³-hybridized carbons (Fsp3) is 0.500. The van der Waals surface area contributed by atoms with E-state index in [4.69, 9.17) is 11.6 Å². The first-order chi connectivity index (χ1) is 13.4. The summed E-state index contributed by atoms with van der Waals surface area (Å²) in [5.74, 6) is 0. The van der Waals surface area contributed by atoms with E-state index in [1.807, 2.05) is 0 Å². The Bertz CT molecular complexity index is 704. The van der Waals surface area contributed by atoms with Gasteiger partial charge in [0.15, 0.2) is 0 Å². The molecule has 0 bridgehead atoms. The highest BCUT2D eigenvalue weighted by Gasteiger charge is 2.60. The van der Waals surface area contributed by atoms with Gasteiger partial charge in [0.25, 0.3) is 6.10 Å². The van der Waals surface area contributed by atoms with Crippen LogP contribution in [-0.4, -0.2) is 54.6 Å². The van der Waals surface area contributed by atoms with Crippen molar-refractivity contribution in [2.75, 3.05) is 18.4 Å². The van der Waals surface area contributed by atoms with Crippen molar-refractivity contribution in [3.63, 3.8) is 0 Å². The van der Waals surface area contributed by atoms with Crippen LogP contribution >= 0.6 is 11.6 Å². The molecule has 3 amide bonds. The Morgan fingerprint density at radius 1 is 1.03 bits per heavy atom. The smallest absolute Gasteiger partial charge is 0.426 e. The molecule has 1 heterocycles. The Kier molecular flexibility index (Phi) is 7.09. The van der Waals surface area contributed by atoms with Gasteiger partial charge in [0, 0.05) is 29.8 Å². The number of hydrogen-bond acceptors (Lipinski definition) is 3. The zero-order valence-electron chi connectivity index (χ0n) is 14.6. The van der Waals surface area contributed by atoms with Crippen LogP contribution in [0.2, 0.25) is 5.02 Å². The molecule has 1 aromatic rings. The molecule has 0 radical (unpaired) electrons. The van der Waals surface area contributed by atoms with Gasteiger partial charge in [-0.05, 0) is 37.1 Å². The van der Waals surface area contributed by atoms with Gasteiger partial charge in [-0.2, -0.15) is 26.3 Å². The zero-order chi connectivity index (χ0) is 21.8. The van der Waals surface area contributed by atoms with Crippen LogP contribution in [0.4, 0.5) is 41.6 Å². The number of halogens is 7. The van der Waals surface area contributed by atoms with Gasteiger partial charge in [0.1, 0.15) is 0 Å². The van der Waals surface area contributed by atoms with E-state index in [9.17, 15) is 35.9 Å². The molecule has 0 aromatic heterocycles. The number of nitrogens with one attached hydrogen (secondary N) is 2. The maximum atomic E-state index is 12.5. The number of ether oxygens (including phenoxy) is 1. The van der Waals surface area contributed by atoms with Crippen molar-refractivity contribution in [3.05, 3.63) is 29.3 Å². The molecule has 0 unspecified atom stereocenters. The predicted octanol–water partition coefficient (Wildman–Crippen LogP) is 4.56. The lowest BCUT2D eigenvalue weighted by molar-refractivity contribution is -0.308. The van der Waals surface area contributed by atoms with Crippen LogP contribution in [0.5, 0.6) is 0 Å². The number of anilines is 1. The number of benzene rings is 1. The quantitative estimate of drug-likeness (QED) is 0.668. The average Bonchev–Trinajstić information content (AvgIpc) is 2.60. The van der Waals surface area contributed by atoms with E-state index in [2.05, 4.69) is 15.4 Å². The number of carbonyl (C=O) groups is 2.